The third-order valence-electron chi connectivity index (χ3n) is 4.97. The summed E-state index contributed by atoms with van der Waals surface area (Å²) < 4.78 is 16.3. The van der Waals surface area contributed by atoms with Gasteiger partial charge in [-0.1, -0.05) is 19.1 Å². The van der Waals surface area contributed by atoms with Gasteiger partial charge in [0.05, 0.1) is 5.56 Å². The molecule has 0 fully saturated rings. The second-order valence-electron chi connectivity index (χ2n) is 6.95. The first kappa shape index (κ1) is 17.4. The second kappa shape index (κ2) is 6.95. The van der Waals surface area contributed by atoms with Crippen molar-refractivity contribution in [2.45, 2.75) is 32.7 Å². The first-order valence-corrected chi connectivity index (χ1v) is 8.97. The fourth-order valence-electron chi connectivity index (χ4n) is 3.67. The van der Waals surface area contributed by atoms with Crippen molar-refractivity contribution < 1.29 is 23.8 Å². The van der Waals surface area contributed by atoms with Crippen molar-refractivity contribution in [1.82, 2.24) is 5.32 Å². The fraction of sp³-hybridized carbons (Fsp3) is 0.333. The zero-order chi connectivity index (χ0) is 19.0. The van der Waals surface area contributed by atoms with Crippen LogP contribution in [0.5, 0.6) is 17.2 Å². The van der Waals surface area contributed by atoms with Crippen LogP contribution in [0.4, 0.5) is 0 Å². The van der Waals surface area contributed by atoms with Gasteiger partial charge in [0.15, 0.2) is 23.9 Å². The van der Waals surface area contributed by atoms with E-state index in [1.54, 1.807) is 6.07 Å². The van der Waals surface area contributed by atoms with E-state index in [1.165, 1.54) is 0 Å². The van der Waals surface area contributed by atoms with Crippen molar-refractivity contribution in [3.63, 3.8) is 0 Å². The first-order chi connectivity index (χ1) is 13.0. The van der Waals surface area contributed by atoms with E-state index in [9.17, 15) is 9.59 Å². The molecule has 140 valence electrons. The molecule has 0 spiro atoms. The Morgan fingerprint density at radius 2 is 2.04 bits per heavy atom. The van der Waals surface area contributed by atoms with E-state index in [1.807, 2.05) is 38.1 Å². The smallest absolute Gasteiger partial charge is 0.258 e. The Morgan fingerprint density at radius 3 is 2.89 bits per heavy atom. The van der Waals surface area contributed by atoms with Crippen LogP contribution < -0.4 is 19.5 Å². The SMILES string of the molecule is Cc1ccc(OCC(=O)NCc2ccc3c(c2)OCO3)c2c1[C@@H](C)CC2=O. The van der Waals surface area contributed by atoms with Gasteiger partial charge < -0.3 is 19.5 Å². The number of ketones is 1. The number of amides is 1. The standard InChI is InChI=1S/C21H21NO5/c1-12-3-5-17(21-15(23)7-13(2)20(12)21)25-10-19(24)22-9-14-4-6-16-18(8-14)27-11-26-16/h3-6,8,13H,7,9-11H2,1-2H3,(H,22,24)/t13-/m0/s1. The lowest BCUT2D eigenvalue weighted by atomic mass is 9.97. The van der Waals surface area contributed by atoms with Crippen LogP contribution in [-0.2, 0) is 11.3 Å². The van der Waals surface area contributed by atoms with Crippen LogP contribution in [0, 0.1) is 6.92 Å². The molecule has 1 amide bonds. The predicted octanol–water partition coefficient (Wildman–Crippen LogP) is 3.11. The van der Waals surface area contributed by atoms with Crippen LogP contribution in [0.3, 0.4) is 0 Å². The summed E-state index contributed by atoms with van der Waals surface area (Å²) in [6, 6.07) is 9.25. The summed E-state index contributed by atoms with van der Waals surface area (Å²) in [5.41, 5.74) is 3.67. The largest absolute Gasteiger partial charge is 0.483 e. The van der Waals surface area contributed by atoms with Gasteiger partial charge in [0.1, 0.15) is 5.75 Å². The molecule has 2 aliphatic rings. The molecule has 0 radical (unpaired) electrons. The highest BCUT2D eigenvalue weighted by Gasteiger charge is 2.31. The van der Waals surface area contributed by atoms with E-state index < -0.39 is 0 Å². The maximum atomic E-state index is 12.3. The number of Topliss-reactive ketones (excluding diaryl/α,β-unsaturated/α-hetero) is 1. The minimum Gasteiger partial charge on any atom is -0.483 e. The molecule has 6 heteroatoms. The number of ether oxygens (including phenoxy) is 3. The van der Waals surface area contributed by atoms with Crippen molar-refractivity contribution in [2.24, 2.45) is 0 Å². The zero-order valence-electron chi connectivity index (χ0n) is 15.3. The third kappa shape index (κ3) is 3.35. The molecule has 2 aromatic carbocycles. The number of benzene rings is 2. The highest BCUT2D eigenvalue weighted by molar-refractivity contribution is 6.04. The van der Waals surface area contributed by atoms with E-state index in [0.717, 1.165) is 16.7 Å². The monoisotopic (exact) mass is 367 g/mol. The number of aryl methyl sites for hydroxylation is 1. The molecule has 4 rings (SSSR count). The normalized spacial score (nSPS) is 17.0. The number of hydrogen-bond donors (Lipinski definition) is 1. The van der Waals surface area contributed by atoms with E-state index in [4.69, 9.17) is 14.2 Å². The Balaban J connectivity index is 1.37. The molecule has 1 aliphatic heterocycles. The molecule has 27 heavy (non-hydrogen) atoms. The van der Waals surface area contributed by atoms with Crippen LogP contribution in [0.1, 0.15) is 46.3 Å². The number of rotatable bonds is 5. The van der Waals surface area contributed by atoms with Gasteiger partial charge in [-0.25, -0.2) is 0 Å². The molecule has 1 N–H and O–H groups in total. The highest BCUT2D eigenvalue weighted by Crippen LogP contribution is 2.40. The summed E-state index contributed by atoms with van der Waals surface area (Å²) in [5, 5.41) is 2.81. The van der Waals surface area contributed by atoms with Crippen molar-refractivity contribution in [3.05, 3.63) is 52.6 Å². The highest BCUT2D eigenvalue weighted by atomic mass is 16.7. The van der Waals surface area contributed by atoms with E-state index >= 15 is 0 Å². The lowest BCUT2D eigenvalue weighted by molar-refractivity contribution is -0.123. The summed E-state index contributed by atoms with van der Waals surface area (Å²) in [4.78, 5) is 24.5. The van der Waals surface area contributed by atoms with Gasteiger partial charge in [-0.2, -0.15) is 0 Å². The Hall–Kier alpha value is -3.02. The van der Waals surface area contributed by atoms with Gasteiger partial charge in [0, 0.05) is 13.0 Å². The number of carbonyl (C=O) groups excluding carboxylic acids is 2. The quantitative estimate of drug-likeness (QED) is 0.879. The Kier molecular flexibility index (Phi) is 4.48. The molecule has 2 aromatic rings. The molecular formula is C21H21NO5. The maximum absolute atomic E-state index is 12.3. The zero-order valence-corrected chi connectivity index (χ0v) is 15.3. The van der Waals surface area contributed by atoms with Crippen LogP contribution in [0.15, 0.2) is 30.3 Å². The molecule has 0 aromatic heterocycles. The van der Waals surface area contributed by atoms with Crippen molar-refractivity contribution in [3.8, 4) is 17.2 Å². The van der Waals surface area contributed by atoms with Crippen molar-refractivity contribution in [1.29, 1.82) is 0 Å². The predicted molar refractivity (Wildman–Crippen MR) is 98.4 cm³/mol. The van der Waals surface area contributed by atoms with Gasteiger partial charge in [0.2, 0.25) is 6.79 Å². The number of nitrogens with one attached hydrogen (secondary N) is 1. The summed E-state index contributed by atoms with van der Waals surface area (Å²) >= 11 is 0. The number of carbonyl (C=O) groups is 2. The molecule has 1 heterocycles. The average Bonchev–Trinajstić information content (AvgIpc) is 3.23. The summed E-state index contributed by atoms with van der Waals surface area (Å²) in [6.07, 6.45) is 0.493. The number of hydrogen-bond acceptors (Lipinski definition) is 5. The van der Waals surface area contributed by atoms with Gasteiger partial charge in [-0.05, 0) is 47.7 Å². The van der Waals surface area contributed by atoms with E-state index in [-0.39, 0.29) is 31.0 Å². The summed E-state index contributed by atoms with van der Waals surface area (Å²) in [5.74, 6) is 1.90. The molecule has 0 saturated carbocycles. The Bertz CT molecular complexity index is 921. The van der Waals surface area contributed by atoms with E-state index in [2.05, 4.69) is 5.32 Å². The lowest BCUT2D eigenvalue weighted by Gasteiger charge is -2.13. The molecule has 0 unspecified atom stereocenters. The third-order valence-corrected chi connectivity index (χ3v) is 4.97. The lowest BCUT2D eigenvalue weighted by Crippen LogP contribution is -2.28. The van der Waals surface area contributed by atoms with Gasteiger partial charge in [0.25, 0.3) is 5.91 Å². The second-order valence-corrected chi connectivity index (χ2v) is 6.95. The molecule has 0 saturated heterocycles. The summed E-state index contributed by atoms with van der Waals surface area (Å²) in [6.45, 7) is 4.48. The molecule has 1 atom stereocenters. The minimum atomic E-state index is -0.250. The van der Waals surface area contributed by atoms with E-state index in [0.29, 0.717) is 35.8 Å². The topological polar surface area (TPSA) is 73.9 Å². The van der Waals surface area contributed by atoms with Gasteiger partial charge >= 0.3 is 0 Å². The van der Waals surface area contributed by atoms with Crippen LogP contribution in [-0.4, -0.2) is 25.1 Å². The number of fused-ring (bicyclic) bond motifs is 2. The first-order valence-electron chi connectivity index (χ1n) is 8.97. The van der Waals surface area contributed by atoms with Gasteiger partial charge in [-0.3, -0.25) is 9.59 Å². The summed E-state index contributed by atoms with van der Waals surface area (Å²) in [7, 11) is 0. The maximum Gasteiger partial charge on any atom is 0.258 e. The Morgan fingerprint density at radius 1 is 1.22 bits per heavy atom. The van der Waals surface area contributed by atoms with Crippen LogP contribution in [0.2, 0.25) is 0 Å². The molecule has 0 bridgehead atoms. The molecular weight excluding hydrogens is 346 g/mol. The van der Waals surface area contributed by atoms with Crippen LogP contribution in [0.25, 0.3) is 0 Å². The van der Waals surface area contributed by atoms with Crippen LogP contribution >= 0.6 is 0 Å². The molecule has 6 nitrogen and oxygen atoms in total. The van der Waals surface area contributed by atoms with Crippen molar-refractivity contribution in [2.75, 3.05) is 13.4 Å². The minimum absolute atomic E-state index is 0.0805. The Labute approximate surface area is 157 Å². The average molecular weight is 367 g/mol. The fourth-order valence-corrected chi connectivity index (χ4v) is 3.67. The van der Waals surface area contributed by atoms with Gasteiger partial charge in [-0.15, -0.1) is 0 Å². The molecule has 1 aliphatic carbocycles. The van der Waals surface area contributed by atoms with Crippen molar-refractivity contribution >= 4 is 11.7 Å².